The number of rotatable bonds is 5. The van der Waals surface area contributed by atoms with Gasteiger partial charge in [0.15, 0.2) is 0 Å². The number of fused-ring (bicyclic) bond motifs is 1. The predicted octanol–water partition coefficient (Wildman–Crippen LogP) is 0.279. The van der Waals surface area contributed by atoms with Gasteiger partial charge < -0.3 is 10.6 Å². The van der Waals surface area contributed by atoms with Crippen LogP contribution < -0.4 is 16.0 Å². The zero-order valence-electron chi connectivity index (χ0n) is 12.1. The molecule has 8 heteroatoms. The first-order chi connectivity index (χ1) is 10.6. The van der Waals surface area contributed by atoms with Crippen LogP contribution in [-0.2, 0) is 28.9 Å². The lowest BCUT2D eigenvalue weighted by atomic mass is 10.0. The van der Waals surface area contributed by atoms with Gasteiger partial charge in [-0.1, -0.05) is 0 Å². The quantitative estimate of drug-likeness (QED) is 0.678. The molecule has 118 valence electrons. The fourth-order valence-electron chi connectivity index (χ4n) is 2.68. The average Bonchev–Trinajstić information content (AvgIpc) is 3.01. The van der Waals surface area contributed by atoms with Gasteiger partial charge >= 0.3 is 6.03 Å². The third-order valence-electron chi connectivity index (χ3n) is 3.80. The second kappa shape index (κ2) is 6.43. The molecule has 2 heterocycles. The number of nitrogens with zero attached hydrogens (tertiary/aromatic N) is 1. The number of aryl methyl sites for hydroxylation is 2. The number of hydrogen-bond donors (Lipinski definition) is 3. The first kappa shape index (κ1) is 15.0. The van der Waals surface area contributed by atoms with Gasteiger partial charge in [-0.2, -0.15) is 0 Å². The Morgan fingerprint density at radius 1 is 1.32 bits per heavy atom. The van der Waals surface area contributed by atoms with E-state index in [0.717, 1.165) is 17.8 Å². The third kappa shape index (κ3) is 3.44. The summed E-state index contributed by atoms with van der Waals surface area (Å²) in [6.07, 6.45) is 5.30. The van der Waals surface area contributed by atoms with E-state index in [0.29, 0.717) is 13.0 Å². The molecular formula is C14H18N4O3S. The van der Waals surface area contributed by atoms with Crippen LogP contribution in [0, 0.1) is 0 Å². The fourth-order valence-corrected chi connectivity index (χ4v) is 3.84. The number of hydrogen-bond acceptors (Lipinski definition) is 5. The van der Waals surface area contributed by atoms with E-state index in [9.17, 15) is 14.4 Å². The molecule has 0 aromatic carbocycles. The highest BCUT2D eigenvalue weighted by Gasteiger charge is 2.31. The molecule has 3 N–H and O–H groups in total. The predicted molar refractivity (Wildman–Crippen MR) is 80.5 cm³/mol. The summed E-state index contributed by atoms with van der Waals surface area (Å²) in [5.74, 6) is -0.698. The Labute approximate surface area is 131 Å². The molecule has 2 aliphatic rings. The Bertz CT molecular complexity index is 590. The zero-order valence-corrected chi connectivity index (χ0v) is 12.9. The van der Waals surface area contributed by atoms with Crippen molar-refractivity contribution in [2.24, 2.45) is 0 Å². The number of urea groups is 1. The van der Waals surface area contributed by atoms with Crippen molar-refractivity contribution in [2.45, 2.75) is 44.6 Å². The van der Waals surface area contributed by atoms with Gasteiger partial charge in [0.1, 0.15) is 6.04 Å². The molecule has 1 unspecified atom stereocenters. The fraction of sp³-hybridized carbons (Fsp3) is 0.571. The first-order valence-corrected chi connectivity index (χ1v) is 8.29. The molecule has 1 aromatic heterocycles. The summed E-state index contributed by atoms with van der Waals surface area (Å²) in [5.41, 5.74) is 1.22. The van der Waals surface area contributed by atoms with Crippen molar-refractivity contribution in [3.05, 3.63) is 15.6 Å². The number of aromatic nitrogens is 1. The summed E-state index contributed by atoms with van der Waals surface area (Å²) in [6.45, 7) is 0.494. The van der Waals surface area contributed by atoms with Gasteiger partial charge in [0, 0.05) is 17.8 Å². The van der Waals surface area contributed by atoms with E-state index in [4.69, 9.17) is 0 Å². The summed E-state index contributed by atoms with van der Waals surface area (Å²) in [7, 11) is 0. The number of nitrogens with one attached hydrogen (secondary N) is 3. The van der Waals surface area contributed by atoms with Crippen LogP contribution in [0.15, 0.2) is 0 Å². The van der Waals surface area contributed by atoms with Crippen LogP contribution in [0.2, 0.25) is 0 Å². The van der Waals surface area contributed by atoms with E-state index in [-0.39, 0.29) is 12.3 Å². The molecular weight excluding hydrogens is 304 g/mol. The van der Waals surface area contributed by atoms with Gasteiger partial charge in [0.25, 0.3) is 5.91 Å². The number of amides is 4. The second-order valence-corrected chi connectivity index (χ2v) is 6.67. The Hall–Kier alpha value is -1.96. The Kier molecular flexibility index (Phi) is 4.37. The molecule has 0 bridgehead atoms. The molecule has 22 heavy (non-hydrogen) atoms. The van der Waals surface area contributed by atoms with Gasteiger partial charge in [0.05, 0.1) is 17.1 Å². The lowest BCUT2D eigenvalue weighted by molar-refractivity contribution is -0.126. The molecule has 1 aliphatic carbocycles. The van der Waals surface area contributed by atoms with E-state index in [1.165, 1.54) is 23.4 Å². The van der Waals surface area contributed by atoms with Crippen LogP contribution in [0.25, 0.3) is 0 Å². The molecule has 4 amide bonds. The number of thiazole rings is 1. The van der Waals surface area contributed by atoms with Crippen molar-refractivity contribution < 1.29 is 14.4 Å². The minimum absolute atomic E-state index is 0.0358. The van der Waals surface area contributed by atoms with E-state index in [2.05, 4.69) is 20.9 Å². The largest absolute Gasteiger partial charge is 0.356 e. The zero-order chi connectivity index (χ0) is 15.5. The van der Waals surface area contributed by atoms with Crippen molar-refractivity contribution >= 4 is 29.2 Å². The first-order valence-electron chi connectivity index (χ1n) is 7.47. The van der Waals surface area contributed by atoms with Gasteiger partial charge in [-0.25, -0.2) is 9.78 Å². The molecule has 0 saturated carbocycles. The molecule has 1 atom stereocenters. The molecule has 1 aromatic rings. The summed E-state index contributed by atoms with van der Waals surface area (Å²) in [5, 5.41) is 8.33. The normalized spacial score (nSPS) is 20.3. The molecule has 1 fully saturated rings. The maximum Gasteiger partial charge on any atom is 0.322 e. The van der Waals surface area contributed by atoms with Gasteiger partial charge in [-0.05, 0) is 25.7 Å². The Morgan fingerprint density at radius 3 is 2.86 bits per heavy atom. The Morgan fingerprint density at radius 2 is 2.14 bits per heavy atom. The maximum absolute atomic E-state index is 11.8. The van der Waals surface area contributed by atoms with Gasteiger partial charge in [-0.15, -0.1) is 11.3 Å². The number of carbonyl (C=O) groups is 3. The van der Waals surface area contributed by atoms with Crippen molar-refractivity contribution in [3.63, 3.8) is 0 Å². The van der Waals surface area contributed by atoms with E-state index >= 15 is 0 Å². The summed E-state index contributed by atoms with van der Waals surface area (Å²) >= 11 is 1.74. The summed E-state index contributed by atoms with van der Waals surface area (Å²) in [6, 6.07) is -1.31. The molecule has 1 saturated heterocycles. The third-order valence-corrected chi connectivity index (χ3v) is 5.02. The maximum atomic E-state index is 11.8. The second-order valence-electron chi connectivity index (χ2n) is 5.50. The molecule has 7 nitrogen and oxygen atoms in total. The van der Waals surface area contributed by atoms with Crippen LogP contribution >= 0.6 is 11.3 Å². The van der Waals surface area contributed by atoms with Crippen LogP contribution in [0.3, 0.4) is 0 Å². The summed E-state index contributed by atoms with van der Waals surface area (Å²) in [4.78, 5) is 40.1. The van der Waals surface area contributed by atoms with Crippen LogP contribution in [0.5, 0.6) is 0 Å². The molecule has 0 spiro atoms. The lowest BCUT2D eigenvalue weighted by Crippen LogP contribution is -2.36. The standard InChI is InChI=1S/C14H18N4O3S/c19-11(7-9-13(20)18-14(21)17-9)15-6-5-12-16-8-3-1-2-4-10(8)22-12/h9H,1-7H2,(H,15,19)(H2,17,18,20,21). The molecule has 1 aliphatic heterocycles. The van der Waals surface area contributed by atoms with Crippen molar-refractivity contribution in [3.8, 4) is 0 Å². The van der Waals surface area contributed by atoms with Crippen LogP contribution in [0.1, 0.15) is 34.8 Å². The minimum Gasteiger partial charge on any atom is -0.356 e. The van der Waals surface area contributed by atoms with Gasteiger partial charge in [-0.3, -0.25) is 14.9 Å². The van der Waals surface area contributed by atoms with E-state index in [1.807, 2.05) is 0 Å². The molecule has 3 rings (SSSR count). The van der Waals surface area contributed by atoms with E-state index in [1.54, 1.807) is 11.3 Å². The monoisotopic (exact) mass is 322 g/mol. The average molecular weight is 322 g/mol. The highest BCUT2D eigenvalue weighted by atomic mass is 32.1. The minimum atomic E-state index is -0.764. The van der Waals surface area contributed by atoms with Crippen LogP contribution in [-0.4, -0.2) is 35.4 Å². The lowest BCUT2D eigenvalue weighted by Gasteiger charge is -2.07. The highest BCUT2D eigenvalue weighted by Crippen LogP contribution is 2.26. The van der Waals surface area contributed by atoms with Crippen LogP contribution in [0.4, 0.5) is 4.79 Å². The number of carbonyl (C=O) groups excluding carboxylic acids is 3. The van der Waals surface area contributed by atoms with Crippen molar-refractivity contribution in [1.29, 1.82) is 0 Å². The SMILES string of the molecule is O=C(CC1NC(=O)NC1=O)NCCc1nc2c(s1)CCCC2. The Balaban J connectivity index is 1.43. The van der Waals surface area contributed by atoms with Crippen molar-refractivity contribution in [1.82, 2.24) is 20.9 Å². The highest BCUT2D eigenvalue weighted by molar-refractivity contribution is 7.11. The smallest absolute Gasteiger partial charge is 0.322 e. The van der Waals surface area contributed by atoms with Crippen molar-refractivity contribution in [2.75, 3.05) is 6.54 Å². The van der Waals surface area contributed by atoms with E-state index < -0.39 is 18.0 Å². The topological polar surface area (TPSA) is 100 Å². The molecule has 0 radical (unpaired) electrons. The van der Waals surface area contributed by atoms with Gasteiger partial charge in [0.2, 0.25) is 5.91 Å². The summed E-state index contributed by atoms with van der Waals surface area (Å²) < 4.78 is 0. The number of imide groups is 1.